The summed E-state index contributed by atoms with van der Waals surface area (Å²) < 4.78 is 5.26. The molecule has 4 rings (SSSR count). The molecule has 1 N–H and O–H groups in total. The highest BCUT2D eigenvalue weighted by atomic mass is 16.3. The lowest BCUT2D eigenvalue weighted by Crippen LogP contribution is -2.31. The van der Waals surface area contributed by atoms with Gasteiger partial charge in [0.15, 0.2) is 11.5 Å². The maximum Gasteiger partial charge on any atom is 0.294 e. The number of hydrogen-bond donors (Lipinski definition) is 1. The van der Waals surface area contributed by atoms with Gasteiger partial charge in [-0.2, -0.15) is 0 Å². The third kappa shape index (κ3) is 3.16. The van der Waals surface area contributed by atoms with Gasteiger partial charge in [0, 0.05) is 25.5 Å². The number of carbonyl (C=O) groups is 2. The minimum atomic E-state index is -0.771. The van der Waals surface area contributed by atoms with Crippen LogP contribution in [0.2, 0.25) is 0 Å². The zero-order valence-electron chi connectivity index (χ0n) is 17.0. The second-order valence-electron chi connectivity index (χ2n) is 7.42. The average molecular weight is 402 g/mol. The number of aryl methyl sites for hydroxylation is 1. The molecule has 2 aromatic carbocycles. The number of anilines is 2. The van der Waals surface area contributed by atoms with Crippen LogP contribution in [0.25, 0.3) is 0 Å². The molecule has 1 unspecified atom stereocenters. The number of aliphatic hydroxyl groups is 1. The molecule has 0 fully saturated rings. The molecule has 1 amide bonds. The van der Waals surface area contributed by atoms with Gasteiger partial charge in [-0.25, -0.2) is 0 Å². The summed E-state index contributed by atoms with van der Waals surface area (Å²) >= 11 is 0. The Morgan fingerprint density at radius 1 is 1.03 bits per heavy atom. The molecule has 0 radical (unpaired) electrons. The molecule has 6 nitrogen and oxygen atoms in total. The van der Waals surface area contributed by atoms with E-state index < -0.39 is 23.5 Å². The molecule has 0 saturated carbocycles. The van der Waals surface area contributed by atoms with Crippen LogP contribution in [0, 0.1) is 6.92 Å². The number of Topliss-reactive ketones (excluding diaryl/α,β-unsaturated/α-hetero) is 1. The van der Waals surface area contributed by atoms with E-state index in [0.717, 1.165) is 16.8 Å². The van der Waals surface area contributed by atoms with Crippen LogP contribution in [0.1, 0.15) is 27.7 Å². The van der Waals surface area contributed by atoms with Gasteiger partial charge in [0.2, 0.25) is 5.78 Å². The molecule has 0 bridgehead atoms. The van der Waals surface area contributed by atoms with Gasteiger partial charge >= 0.3 is 0 Å². The molecule has 152 valence electrons. The first-order chi connectivity index (χ1) is 14.4. The van der Waals surface area contributed by atoms with E-state index in [-0.39, 0.29) is 11.3 Å². The van der Waals surface area contributed by atoms with Crippen molar-refractivity contribution in [1.82, 2.24) is 0 Å². The van der Waals surface area contributed by atoms with Gasteiger partial charge in [-0.15, -0.1) is 0 Å². The summed E-state index contributed by atoms with van der Waals surface area (Å²) in [6, 6.07) is 17.3. The van der Waals surface area contributed by atoms with Crippen molar-refractivity contribution in [2.45, 2.75) is 13.0 Å². The van der Waals surface area contributed by atoms with Crippen LogP contribution in [0.15, 0.2) is 82.7 Å². The van der Waals surface area contributed by atoms with E-state index in [0.29, 0.717) is 5.69 Å². The van der Waals surface area contributed by atoms with Gasteiger partial charge in [-0.05, 0) is 48.4 Å². The summed E-state index contributed by atoms with van der Waals surface area (Å²) in [5.41, 5.74) is 3.21. The van der Waals surface area contributed by atoms with Gasteiger partial charge in [-0.1, -0.05) is 30.3 Å². The molecule has 0 aliphatic carbocycles. The summed E-state index contributed by atoms with van der Waals surface area (Å²) in [6.07, 6.45) is 1.39. The Labute approximate surface area is 174 Å². The molecule has 0 spiro atoms. The number of aliphatic hydroxyl groups excluding tert-OH is 1. The number of amides is 1. The van der Waals surface area contributed by atoms with Crippen LogP contribution in [-0.4, -0.2) is 30.9 Å². The summed E-state index contributed by atoms with van der Waals surface area (Å²) in [6.45, 7) is 1.89. The van der Waals surface area contributed by atoms with Crippen LogP contribution >= 0.6 is 0 Å². The van der Waals surface area contributed by atoms with Crippen molar-refractivity contribution in [1.29, 1.82) is 0 Å². The Morgan fingerprint density at radius 2 is 1.73 bits per heavy atom. The van der Waals surface area contributed by atoms with Crippen molar-refractivity contribution in [2.24, 2.45) is 0 Å². The molecule has 1 aromatic heterocycles. The topological polar surface area (TPSA) is 74.0 Å². The molecule has 2 heterocycles. The normalized spacial score (nSPS) is 16.3. The maximum absolute atomic E-state index is 13.2. The molecule has 1 aliphatic heterocycles. The number of benzene rings is 2. The summed E-state index contributed by atoms with van der Waals surface area (Å²) in [7, 11) is 3.87. The van der Waals surface area contributed by atoms with E-state index >= 15 is 0 Å². The number of hydrogen-bond acceptors (Lipinski definition) is 5. The predicted octanol–water partition coefficient (Wildman–Crippen LogP) is 4.44. The largest absolute Gasteiger partial charge is 0.503 e. The highest BCUT2D eigenvalue weighted by Gasteiger charge is 2.45. The minimum Gasteiger partial charge on any atom is -0.503 e. The zero-order chi connectivity index (χ0) is 21.4. The lowest BCUT2D eigenvalue weighted by Gasteiger charge is -2.28. The molecule has 3 aromatic rings. The standard InChI is InChI=1S/C24H22N2O4/c1-15-7-4-5-8-18(15)26-21(16-10-12-17(13-11-16)25(2)3)20(23(28)24(26)29)22(27)19-9-6-14-30-19/h4-14,21,28H,1-3H3. The van der Waals surface area contributed by atoms with Gasteiger partial charge in [0.1, 0.15) is 0 Å². The van der Waals surface area contributed by atoms with Crippen molar-refractivity contribution < 1.29 is 19.1 Å². The van der Waals surface area contributed by atoms with Gasteiger partial charge < -0.3 is 14.4 Å². The Balaban J connectivity index is 1.88. The molecule has 1 atom stereocenters. The first-order valence-electron chi connectivity index (χ1n) is 9.58. The van der Waals surface area contributed by atoms with Crippen LogP contribution in [-0.2, 0) is 4.79 Å². The maximum atomic E-state index is 13.2. The number of ketones is 1. The monoisotopic (exact) mass is 402 g/mol. The third-order valence-corrected chi connectivity index (χ3v) is 5.30. The fourth-order valence-corrected chi connectivity index (χ4v) is 3.73. The zero-order valence-corrected chi connectivity index (χ0v) is 17.0. The van der Waals surface area contributed by atoms with Gasteiger partial charge in [0.05, 0.1) is 17.9 Å². The highest BCUT2D eigenvalue weighted by Crippen LogP contribution is 2.43. The Bertz CT molecular complexity index is 1130. The molecular formula is C24H22N2O4. The van der Waals surface area contributed by atoms with E-state index in [4.69, 9.17) is 4.42 Å². The SMILES string of the molecule is Cc1ccccc1N1C(=O)C(O)=C(C(=O)c2ccco2)C1c1ccc(N(C)C)cc1. The smallest absolute Gasteiger partial charge is 0.294 e. The Kier molecular flexibility index (Phi) is 4.91. The van der Waals surface area contributed by atoms with E-state index in [2.05, 4.69) is 0 Å². The minimum absolute atomic E-state index is 0.0100. The number of para-hydroxylation sites is 1. The van der Waals surface area contributed by atoms with E-state index in [1.807, 2.05) is 74.4 Å². The van der Waals surface area contributed by atoms with E-state index in [1.54, 1.807) is 6.07 Å². The predicted molar refractivity (Wildman–Crippen MR) is 115 cm³/mol. The van der Waals surface area contributed by atoms with Crippen LogP contribution in [0.3, 0.4) is 0 Å². The highest BCUT2D eigenvalue weighted by molar-refractivity contribution is 6.20. The molecule has 0 saturated heterocycles. The Hall–Kier alpha value is -3.80. The molecular weight excluding hydrogens is 380 g/mol. The lowest BCUT2D eigenvalue weighted by atomic mass is 9.94. The number of furan rings is 1. The first kappa shape index (κ1) is 19.5. The fourth-order valence-electron chi connectivity index (χ4n) is 3.73. The van der Waals surface area contributed by atoms with E-state index in [1.165, 1.54) is 17.2 Å². The van der Waals surface area contributed by atoms with Gasteiger partial charge in [0.25, 0.3) is 5.91 Å². The average Bonchev–Trinajstić information content (AvgIpc) is 3.36. The van der Waals surface area contributed by atoms with Crippen molar-refractivity contribution in [2.75, 3.05) is 23.9 Å². The quantitative estimate of drug-likeness (QED) is 0.639. The first-order valence-corrected chi connectivity index (χ1v) is 9.58. The summed E-state index contributed by atoms with van der Waals surface area (Å²) in [4.78, 5) is 29.8. The van der Waals surface area contributed by atoms with Crippen molar-refractivity contribution in [3.63, 3.8) is 0 Å². The number of carbonyl (C=O) groups excluding carboxylic acids is 2. The second-order valence-corrected chi connectivity index (χ2v) is 7.42. The van der Waals surface area contributed by atoms with Crippen molar-refractivity contribution in [3.8, 4) is 0 Å². The van der Waals surface area contributed by atoms with Crippen molar-refractivity contribution in [3.05, 3.63) is 95.1 Å². The Morgan fingerprint density at radius 3 is 2.33 bits per heavy atom. The number of nitrogens with zero attached hydrogens (tertiary/aromatic N) is 2. The van der Waals surface area contributed by atoms with Crippen LogP contribution < -0.4 is 9.80 Å². The van der Waals surface area contributed by atoms with Gasteiger partial charge in [-0.3, -0.25) is 14.5 Å². The number of rotatable bonds is 5. The summed E-state index contributed by atoms with van der Waals surface area (Å²) in [5.74, 6) is -1.60. The second kappa shape index (κ2) is 7.55. The summed E-state index contributed by atoms with van der Waals surface area (Å²) in [5, 5.41) is 10.7. The lowest BCUT2D eigenvalue weighted by molar-refractivity contribution is -0.117. The van der Waals surface area contributed by atoms with Crippen molar-refractivity contribution >= 4 is 23.1 Å². The molecule has 6 heteroatoms. The van der Waals surface area contributed by atoms with E-state index in [9.17, 15) is 14.7 Å². The molecule has 30 heavy (non-hydrogen) atoms. The fraction of sp³-hybridized carbons (Fsp3) is 0.167. The third-order valence-electron chi connectivity index (χ3n) is 5.30. The van der Waals surface area contributed by atoms with Crippen LogP contribution in [0.5, 0.6) is 0 Å². The van der Waals surface area contributed by atoms with Crippen LogP contribution in [0.4, 0.5) is 11.4 Å². The molecule has 1 aliphatic rings.